The Kier molecular flexibility index (Phi) is 3.23. The summed E-state index contributed by atoms with van der Waals surface area (Å²) in [5, 5.41) is 12.8. The molecule has 106 valence electrons. The Morgan fingerprint density at radius 2 is 2.10 bits per heavy atom. The van der Waals surface area contributed by atoms with E-state index in [2.05, 4.69) is 16.4 Å². The van der Waals surface area contributed by atoms with E-state index >= 15 is 0 Å². The molecule has 0 aliphatic rings. The third-order valence-corrected chi connectivity index (χ3v) is 4.02. The van der Waals surface area contributed by atoms with Gasteiger partial charge in [-0.25, -0.2) is 9.78 Å². The van der Waals surface area contributed by atoms with E-state index in [1.807, 2.05) is 19.1 Å². The summed E-state index contributed by atoms with van der Waals surface area (Å²) >= 11 is 1.50. The molecule has 0 fully saturated rings. The van der Waals surface area contributed by atoms with Crippen LogP contribution in [0.15, 0.2) is 36.4 Å². The number of rotatable bonds is 3. The fourth-order valence-corrected chi connectivity index (χ4v) is 2.97. The van der Waals surface area contributed by atoms with Crippen LogP contribution in [0.5, 0.6) is 0 Å². The first-order valence-electron chi connectivity index (χ1n) is 6.30. The molecule has 0 radical (unpaired) electrons. The maximum Gasteiger partial charge on any atom is 0.335 e. The molecule has 0 amide bonds. The number of aryl methyl sites for hydroxylation is 1. The molecule has 3 rings (SSSR count). The van der Waals surface area contributed by atoms with Crippen LogP contribution < -0.4 is 11.1 Å². The highest BCUT2D eigenvalue weighted by atomic mass is 32.1. The van der Waals surface area contributed by atoms with Gasteiger partial charge in [0.2, 0.25) is 0 Å². The first kappa shape index (κ1) is 13.4. The summed E-state index contributed by atoms with van der Waals surface area (Å²) in [4.78, 5) is 15.5. The quantitative estimate of drug-likeness (QED) is 0.643. The number of hydrogen-bond donors (Lipinski definition) is 3. The normalized spacial score (nSPS) is 10.7. The van der Waals surface area contributed by atoms with E-state index in [0.717, 1.165) is 10.2 Å². The predicted octanol–water partition coefficient (Wildman–Crippen LogP) is 3.63. The van der Waals surface area contributed by atoms with Crippen LogP contribution >= 0.6 is 11.3 Å². The first-order chi connectivity index (χ1) is 10.0. The molecule has 0 aliphatic heterocycles. The molecule has 2 aromatic carbocycles. The van der Waals surface area contributed by atoms with Crippen LogP contribution in [-0.4, -0.2) is 16.1 Å². The molecule has 6 heteroatoms. The molecule has 0 saturated carbocycles. The predicted molar refractivity (Wildman–Crippen MR) is 85.5 cm³/mol. The highest BCUT2D eigenvalue weighted by Crippen LogP contribution is 2.31. The highest BCUT2D eigenvalue weighted by Gasteiger charge is 2.09. The highest BCUT2D eigenvalue weighted by molar-refractivity contribution is 7.22. The molecule has 0 unspecified atom stereocenters. The molecule has 3 aromatic rings. The number of nitrogens with one attached hydrogen (secondary N) is 1. The van der Waals surface area contributed by atoms with E-state index in [0.29, 0.717) is 16.5 Å². The third-order valence-electron chi connectivity index (χ3n) is 3.09. The topological polar surface area (TPSA) is 88.2 Å². The molecule has 4 N–H and O–H groups in total. The van der Waals surface area contributed by atoms with Crippen molar-refractivity contribution in [3.05, 3.63) is 47.5 Å². The Bertz CT molecular complexity index is 842. The molecule has 5 nitrogen and oxygen atoms in total. The number of carboxylic acids is 1. The maximum absolute atomic E-state index is 11.0. The Labute approximate surface area is 125 Å². The lowest BCUT2D eigenvalue weighted by Crippen LogP contribution is -2.01. The molecule has 0 spiro atoms. The summed E-state index contributed by atoms with van der Waals surface area (Å²) in [6, 6.07) is 10.6. The number of fused-ring (bicyclic) bond motifs is 1. The van der Waals surface area contributed by atoms with Crippen molar-refractivity contribution in [1.82, 2.24) is 4.98 Å². The average molecular weight is 299 g/mol. The van der Waals surface area contributed by atoms with Crippen molar-refractivity contribution in [3.63, 3.8) is 0 Å². The number of anilines is 3. The van der Waals surface area contributed by atoms with Gasteiger partial charge in [0.1, 0.15) is 0 Å². The van der Waals surface area contributed by atoms with Gasteiger partial charge in [0.15, 0.2) is 5.13 Å². The van der Waals surface area contributed by atoms with Crippen LogP contribution in [0, 0.1) is 6.92 Å². The minimum Gasteiger partial charge on any atom is -0.478 e. The largest absolute Gasteiger partial charge is 0.478 e. The van der Waals surface area contributed by atoms with Gasteiger partial charge in [-0.2, -0.15) is 0 Å². The Morgan fingerprint density at radius 1 is 1.29 bits per heavy atom. The van der Waals surface area contributed by atoms with E-state index in [4.69, 9.17) is 10.8 Å². The van der Waals surface area contributed by atoms with Gasteiger partial charge >= 0.3 is 5.97 Å². The minimum atomic E-state index is -0.988. The summed E-state index contributed by atoms with van der Waals surface area (Å²) in [7, 11) is 0. The SMILES string of the molecule is Cc1ccc2nc(Nc3cc(C(=O)O)ccc3N)sc2c1. The number of nitrogen functional groups attached to an aromatic ring is 1. The number of aromatic carboxylic acids is 1. The number of aromatic nitrogens is 1. The molecular weight excluding hydrogens is 286 g/mol. The first-order valence-corrected chi connectivity index (χ1v) is 7.11. The van der Waals surface area contributed by atoms with E-state index in [1.54, 1.807) is 6.07 Å². The number of thiazole rings is 1. The molecule has 0 aliphatic carbocycles. The average Bonchev–Trinajstić information content (AvgIpc) is 2.82. The molecule has 0 bridgehead atoms. The van der Waals surface area contributed by atoms with Crippen molar-refractivity contribution >= 4 is 44.0 Å². The van der Waals surface area contributed by atoms with Crippen LogP contribution in [0.2, 0.25) is 0 Å². The lowest BCUT2D eigenvalue weighted by Gasteiger charge is -2.07. The van der Waals surface area contributed by atoms with Crippen molar-refractivity contribution in [1.29, 1.82) is 0 Å². The molecular formula is C15H13N3O2S. The van der Waals surface area contributed by atoms with Gasteiger partial charge in [0, 0.05) is 0 Å². The van der Waals surface area contributed by atoms with Crippen LogP contribution in [-0.2, 0) is 0 Å². The lowest BCUT2D eigenvalue weighted by molar-refractivity contribution is 0.0697. The Morgan fingerprint density at radius 3 is 2.86 bits per heavy atom. The van der Waals surface area contributed by atoms with Gasteiger partial charge in [-0.05, 0) is 42.8 Å². The van der Waals surface area contributed by atoms with Gasteiger partial charge in [-0.3, -0.25) is 0 Å². The summed E-state index contributed by atoms with van der Waals surface area (Å²) in [6.07, 6.45) is 0. The fraction of sp³-hybridized carbons (Fsp3) is 0.0667. The minimum absolute atomic E-state index is 0.184. The number of nitrogens with zero attached hydrogens (tertiary/aromatic N) is 1. The van der Waals surface area contributed by atoms with Crippen molar-refractivity contribution in [3.8, 4) is 0 Å². The molecule has 21 heavy (non-hydrogen) atoms. The molecule has 0 saturated heterocycles. The van der Waals surface area contributed by atoms with Gasteiger partial charge in [-0.1, -0.05) is 17.4 Å². The summed E-state index contributed by atoms with van der Waals surface area (Å²) in [6.45, 7) is 2.03. The number of carbonyl (C=O) groups is 1. The maximum atomic E-state index is 11.0. The lowest BCUT2D eigenvalue weighted by atomic mass is 10.2. The second-order valence-corrected chi connectivity index (χ2v) is 5.75. The second kappa shape index (κ2) is 5.06. The zero-order valence-electron chi connectivity index (χ0n) is 11.3. The van der Waals surface area contributed by atoms with Crippen LogP contribution in [0.4, 0.5) is 16.5 Å². The van der Waals surface area contributed by atoms with Crippen LogP contribution in [0.1, 0.15) is 15.9 Å². The van der Waals surface area contributed by atoms with Gasteiger partial charge in [0.05, 0.1) is 27.2 Å². The van der Waals surface area contributed by atoms with E-state index in [1.165, 1.54) is 29.0 Å². The standard InChI is InChI=1S/C15H13N3O2S/c1-8-2-5-11-13(6-8)21-15(17-11)18-12-7-9(14(19)20)3-4-10(12)16/h2-7H,16H2,1H3,(H,17,18)(H,19,20). The second-order valence-electron chi connectivity index (χ2n) is 4.72. The number of carboxylic acid groups (broad SMARTS) is 1. The summed E-state index contributed by atoms with van der Waals surface area (Å²) in [5.41, 5.74) is 9.17. The smallest absolute Gasteiger partial charge is 0.335 e. The number of benzene rings is 2. The van der Waals surface area contributed by atoms with Gasteiger partial charge < -0.3 is 16.2 Å². The van der Waals surface area contributed by atoms with Crippen molar-refractivity contribution in [2.45, 2.75) is 6.92 Å². The molecule has 1 heterocycles. The Balaban J connectivity index is 1.98. The zero-order valence-corrected chi connectivity index (χ0v) is 12.1. The summed E-state index contributed by atoms with van der Waals surface area (Å²) in [5.74, 6) is -0.988. The fourth-order valence-electron chi connectivity index (χ4n) is 2.00. The summed E-state index contributed by atoms with van der Waals surface area (Å²) < 4.78 is 1.07. The number of nitrogens with two attached hydrogens (primary N) is 1. The zero-order chi connectivity index (χ0) is 15.0. The molecule has 0 atom stereocenters. The van der Waals surface area contributed by atoms with E-state index < -0.39 is 5.97 Å². The van der Waals surface area contributed by atoms with Gasteiger partial charge in [-0.15, -0.1) is 0 Å². The third kappa shape index (κ3) is 2.66. The van der Waals surface area contributed by atoms with E-state index in [9.17, 15) is 4.79 Å². The van der Waals surface area contributed by atoms with Crippen molar-refractivity contribution in [2.75, 3.05) is 11.1 Å². The number of hydrogen-bond acceptors (Lipinski definition) is 5. The van der Waals surface area contributed by atoms with Crippen LogP contribution in [0.25, 0.3) is 10.2 Å². The monoisotopic (exact) mass is 299 g/mol. The van der Waals surface area contributed by atoms with Crippen LogP contribution in [0.3, 0.4) is 0 Å². The van der Waals surface area contributed by atoms with Gasteiger partial charge in [0.25, 0.3) is 0 Å². The Hall–Kier alpha value is -2.60. The van der Waals surface area contributed by atoms with E-state index in [-0.39, 0.29) is 5.56 Å². The molecule has 1 aromatic heterocycles. The van der Waals surface area contributed by atoms with Crippen molar-refractivity contribution < 1.29 is 9.90 Å². The van der Waals surface area contributed by atoms with Crippen molar-refractivity contribution in [2.24, 2.45) is 0 Å².